The first kappa shape index (κ1) is 11.0. The molecule has 1 fully saturated rings. The van der Waals surface area contributed by atoms with Crippen molar-refractivity contribution < 1.29 is 5.11 Å². The Balaban J connectivity index is 2.46. The van der Waals surface area contributed by atoms with Crippen LogP contribution in [-0.2, 0) is 0 Å². The molecule has 0 spiro atoms. The van der Waals surface area contributed by atoms with Crippen LogP contribution in [-0.4, -0.2) is 59.8 Å². The van der Waals surface area contributed by atoms with Gasteiger partial charge in [-0.3, -0.25) is 9.80 Å². The minimum Gasteiger partial charge on any atom is -0.392 e. The van der Waals surface area contributed by atoms with Gasteiger partial charge in [0.05, 0.1) is 6.10 Å². The van der Waals surface area contributed by atoms with E-state index < -0.39 is 0 Å². The lowest BCUT2D eigenvalue weighted by atomic mass is 9.99. The molecule has 0 radical (unpaired) electrons. The number of aliphatic hydroxyl groups is 1. The molecule has 1 saturated heterocycles. The van der Waals surface area contributed by atoms with Gasteiger partial charge in [-0.2, -0.15) is 0 Å². The van der Waals surface area contributed by atoms with E-state index in [2.05, 4.69) is 30.7 Å². The van der Waals surface area contributed by atoms with Crippen molar-refractivity contribution in [2.24, 2.45) is 0 Å². The van der Waals surface area contributed by atoms with Crippen LogP contribution in [0.4, 0.5) is 0 Å². The Kier molecular flexibility index (Phi) is 3.33. The van der Waals surface area contributed by atoms with Gasteiger partial charge in [0, 0.05) is 31.7 Å². The summed E-state index contributed by atoms with van der Waals surface area (Å²) in [4.78, 5) is 4.72. The minimum absolute atomic E-state index is 0.209. The van der Waals surface area contributed by atoms with Crippen LogP contribution in [0.25, 0.3) is 0 Å². The first-order valence-corrected chi connectivity index (χ1v) is 5.03. The Morgan fingerprint density at radius 2 is 2.00 bits per heavy atom. The van der Waals surface area contributed by atoms with Crippen LogP contribution in [0.15, 0.2) is 0 Å². The van der Waals surface area contributed by atoms with Crippen LogP contribution < -0.4 is 0 Å². The van der Waals surface area contributed by atoms with Crippen LogP contribution in [0.3, 0.4) is 0 Å². The number of piperazine rings is 1. The summed E-state index contributed by atoms with van der Waals surface area (Å²) in [6, 6.07) is 0. The third-order valence-corrected chi connectivity index (χ3v) is 2.92. The fourth-order valence-electron chi connectivity index (χ4n) is 1.87. The SMILES string of the molecule is CC(O)CN1CCN(C)C(C)(C)C1. The second kappa shape index (κ2) is 3.95. The second-order valence-corrected chi connectivity index (χ2v) is 4.82. The van der Waals surface area contributed by atoms with E-state index in [0.717, 1.165) is 26.2 Å². The molecule has 1 aliphatic heterocycles. The van der Waals surface area contributed by atoms with Gasteiger partial charge in [-0.1, -0.05) is 0 Å². The van der Waals surface area contributed by atoms with E-state index in [4.69, 9.17) is 0 Å². The molecule has 1 rings (SSSR count). The molecule has 0 saturated carbocycles. The topological polar surface area (TPSA) is 26.7 Å². The molecule has 0 bridgehead atoms. The van der Waals surface area contributed by atoms with Crippen LogP contribution in [0.5, 0.6) is 0 Å². The summed E-state index contributed by atoms with van der Waals surface area (Å²) in [5.74, 6) is 0. The highest BCUT2D eigenvalue weighted by Crippen LogP contribution is 2.18. The van der Waals surface area contributed by atoms with E-state index in [9.17, 15) is 5.11 Å². The van der Waals surface area contributed by atoms with Crippen molar-refractivity contribution in [1.82, 2.24) is 9.80 Å². The Labute approximate surface area is 81.3 Å². The van der Waals surface area contributed by atoms with Crippen LogP contribution in [0.2, 0.25) is 0 Å². The van der Waals surface area contributed by atoms with Gasteiger partial charge in [-0.25, -0.2) is 0 Å². The number of β-amino-alcohol motifs (C(OH)–C–C–N with tert-alkyl or cyclic N) is 1. The lowest BCUT2D eigenvalue weighted by Crippen LogP contribution is -2.58. The number of hydrogen-bond acceptors (Lipinski definition) is 3. The van der Waals surface area contributed by atoms with Crippen molar-refractivity contribution in [1.29, 1.82) is 0 Å². The number of rotatable bonds is 2. The summed E-state index contributed by atoms with van der Waals surface area (Å²) >= 11 is 0. The molecule has 1 N–H and O–H groups in total. The van der Waals surface area contributed by atoms with Crippen molar-refractivity contribution in [3.8, 4) is 0 Å². The van der Waals surface area contributed by atoms with Crippen LogP contribution in [0, 0.1) is 0 Å². The van der Waals surface area contributed by atoms with Crippen molar-refractivity contribution >= 4 is 0 Å². The summed E-state index contributed by atoms with van der Waals surface area (Å²) in [5.41, 5.74) is 0.243. The highest BCUT2D eigenvalue weighted by molar-refractivity contribution is 4.88. The zero-order valence-electron chi connectivity index (χ0n) is 9.25. The number of likely N-dealkylation sites (N-methyl/N-ethyl adjacent to an activating group) is 1. The Morgan fingerprint density at radius 1 is 1.38 bits per heavy atom. The Morgan fingerprint density at radius 3 is 2.46 bits per heavy atom. The summed E-state index contributed by atoms with van der Waals surface area (Å²) in [7, 11) is 2.17. The van der Waals surface area contributed by atoms with Gasteiger partial charge in [0.2, 0.25) is 0 Å². The molecular formula is C10H22N2O. The molecule has 3 nitrogen and oxygen atoms in total. The Hall–Kier alpha value is -0.120. The first-order valence-electron chi connectivity index (χ1n) is 5.03. The molecule has 1 heterocycles. The number of aliphatic hydroxyl groups excluding tert-OH is 1. The number of nitrogens with zero attached hydrogens (tertiary/aromatic N) is 2. The predicted octanol–water partition coefficient (Wildman–Crippen LogP) is 0.393. The quantitative estimate of drug-likeness (QED) is 0.676. The molecule has 0 aromatic carbocycles. The highest BCUT2D eigenvalue weighted by atomic mass is 16.3. The lowest BCUT2D eigenvalue weighted by molar-refractivity contribution is 0.0182. The van der Waals surface area contributed by atoms with Gasteiger partial charge in [-0.15, -0.1) is 0 Å². The van der Waals surface area contributed by atoms with Crippen molar-refractivity contribution in [2.45, 2.75) is 32.4 Å². The molecule has 0 amide bonds. The maximum atomic E-state index is 9.29. The fourth-order valence-corrected chi connectivity index (χ4v) is 1.87. The third-order valence-electron chi connectivity index (χ3n) is 2.92. The van der Waals surface area contributed by atoms with Gasteiger partial charge in [0.15, 0.2) is 0 Å². The van der Waals surface area contributed by atoms with E-state index in [1.807, 2.05) is 6.92 Å². The third kappa shape index (κ3) is 2.93. The van der Waals surface area contributed by atoms with Crippen LogP contribution >= 0.6 is 0 Å². The minimum atomic E-state index is -0.209. The smallest absolute Gasteiger partial charge is 0.0639 e. The molecule has 1 atom stereocenters. The lowest BCUT2D eigenvalue weighted by Gasteiger charge is -2.45. The van der Waals surface area contributed by atoms with Gasteiger partial charge < -0.3 is 5.11 Å². The molecule has 0 aliphatic carbocycles. The van der Waals surface area contributed by atoms with E-state index >= 15 is 0 Å². The summed E-state index contributed by atoms with van der Waals surface area (Å²) in [6.45, 7) is 10.4. The molecule has 0 aromatic rings. The maximum absolute atomic E-state index is 9.29. The zero-order chi connectivity index (χ0) is 10.1. The van der Waals surface area contributed by atoms with Crippen molar-refractivity contribution in [3.05, 3.63) is 0 Å². The van der Waals surface area contributed by atoms with Crippen molar-refractivity contribution in [2.75, 3.05) is 33.2 Å². The van der Waals surface area contributed by atoms with Gasteiger partial charge in [-0.05, 0) is 27.8 Å². The molecule has 1 aliphatic rings. The van der Waals surface area contributed by atoms with E-state index in [-0.39, 0.29) is 11.6 Å². The second-order valence-electron chi connectivity index (χ2n) is 4.82. The Bertz CT molecular complexity index is 168. The summed E-state index contributed by atoms with van der Waals surface area (Å²) in [5, 5.41) is 9.29. The van der Waals surface area contributed by atoms with Crippen LogP contribution in [0.1, 0.15) is 20.8 Å². The highest BCUT2D eigenvalue weighted by Gasteiger charge is 2.30. The molecule has 13 heavy (non-hydrogen) atoms. The summed E-state index contributed by atoms with van der Waals surface area (Å²) in [6.07, 6.45) is -0.209. The largest absolute Gasteiger partial charge is 0.392 e. The normalized spacial score (nSPS) is 27.5. The molecule has 3 heteroatoms. The average Bonchev–Trinajstić information content (AvgIpc) is 1.95. The standard InChI is InChI=1S/C10H22N2O/c1-9(13)7-12-6-5-11(4)10(2,3)8-12/h9,13H,5-8H2,1-4H3. The molecule has 78 valence electrons. The fraction of sp³-hybridized carbons (Fsp3) is 1.00. The zero-order valence-corrected chi connectivity index (χ0v) is 9.25. The maximum Gasteiger partial charge on any atom is 0.0639 e. The van der Waals surface area contributed by atoms with Gasteiger partial charge in [0.1, 0.15) is 0 Å². The first-order chi connectivity index (χ1) is 5.92. The van der Waals surface area contributed by atoms with E-state index in [0.29, 0.717) is 0 Å². The van der Waals surface area contributed by atoms with Gasteiger partial charge in [0.25, 0.3) is 0 Å². The van der Waals surface area contributed by atoms with E-state index in [1.165, 1.54) is 0 Å². The predicted molar refractivity (Wildman–Crippen MR) is 54.8 cm³/mol. The summed E-state index contributed by atoms with van der Waals surface area (Å²) < 4.78 is 0. The number of hydrogen-bond donors (Lipinski definition) is 1. The molecular weight excluding hydrogens is 164 g/mol. The van der Waals surface area contributed by atoms with Gasteiger partial charge >= 0.3 is 0 Å². The average molecular weight is 186 g/mol. The molecule has 0 aromatic heterocycles. The molecule has 1 unspecified atom stereocenters. The monoisotopic (exact) mass is 186 g/mol. The van der Waals surface area contributed by atoms with E-state index in [1.54, 1.807) is 0 Å². The van der Waals surface area contributed by atoms with Crippen molar-refractivity contribution in [3.63, 3.8) is 0 Å².